The molecule has 0 aromatic carbocycles. The zero-order valence-corrected chi connectivity index (χ0v) is 10.1. The molecule has 1 N–H and O–H groups in total. The van der Waals surface area contributed by atoms with Crippen LogP contribution in [0.3, 0.4) is 0 Å². The number of aromatic nitrogens is 1. The summed E-state index contributed by atoms with van der Waals surface area (Å²) >= 11 is 2.36. The molecule has 0 bridgehead atoms. The smallest absolute Gasteiger partial charge is 0.345 e. The van der Waals surface area contributed by atoms with E-state index in [9.17, 15) is 9.59 Å². The normalized spacial score (nSPS) is 10.6. The molecule has 0 radical (unpaired) electrons. The second-order valence-corrected chi connectivity index (χ2v) is 5.29. The van der Waals surface area contributed by atoms with Gasteiger partial charge in [-0.3, -0.25) is 9.36 Å². The Bertz CT molecular complexity index is 579. The van der Waals surface area contributed by atoms with Gasteiger partial charge >= 0.3 is 10.8 Å². The number of thiazole rings is 1. The molecule has 4 nitrogen and oxygen atoms in total. The van der Waals surface area contributed by atoms with Gasteiger partial charge in [0, 0.05) is 16.0 Å². The summed E-state index contributed by atoms with van der Waals surface area (Å²) in [7, 11) is 0. The average Bonchev–Trinajstić information content (AvgIpc) is 2.80. The van der Waals surface area contributed by atoms with E-state index in [4.69, 9.17) is 5.11 Å². The summed E-state index contributed by atoms with van der Waals surface area (Å²) < 4.78 is 1.64. The predicted octanol–water partition coefficient (Wildman–Crippen LogP) is 2.03. The summed E-state index contributed by atoms with van der Waals surface area (Å²) in [6, 6.07) is 3.31. The minimum Gasteiger partial charge on any atom is -0.477 e. The Morgan fingerprint density at radius 1 is 1.50 bits per heavy atom. The monoisotopic (exact) mass is 255 g/mol. The molecule has 0 saturated carbocycles. The van der Waals surface area contributed by atoms with Gasteiger partial charge in [-0.1, -0.05) is 11.3 Å². The van der Waals surface area contributed by atoms with E-state index < -0.39 is 5.97 Å². The van der Waals surface area contributed by atoms with Crippen molar-refractivity contribution in [2.75, 3.05) is 0 Å². The summed E-state index contributed by atoms with van der Waals surface area (Å²) in [4.78, 5) is 23.3. The molecule has 16 heavy (non-hydrogen) atoms. The molecule has 0 aliphatic heterocycles. The molecule has 6 heteroatoms. The van der Waals surface area contributed by atoms with Crippen LogP contribution < -0.4 is 4.87 Å². The van der Waals surface area contributed by atoms with E-state index in [1.54, 1.807) is 22.1 Å². The van der Waals surface area contributed by atoms with Crippen molar-refractivity contribution in [2.24, 2.45) is 0 Å². The molecule has 0 spiro atoms. The van der Waals surface area contributed by atoms with E-state index in [1.165, 1.54) is 11.3 Å². The second kappa shape index (κ2) is 4.23. The minimum absolute atomic E-state index is 0.0113. The first kappa shape index (κ1) is 11.1. The van der Waals surface area contributed by atoms with Gasteiger partial charge in [0.05, 0.1) is 6.54 Å². The van der Waals surface area contributed by atoms with Gasteiger partial charge in [-0.2, -0.15) is 0 Å². The van der Waals surface area contributed by atoms with Crippen molar-refractivity contribution in [3.8, 4) is 0 Å². The molecular formula is C10H9NO3S2. The Morgan fingerprint density at radius 2 is 2.25 bits per heavy atom. The SMILES string of the molecule is Cc1csc(=O)n1Cc1ccc(C(=O)O)s1. The first-order valence-corrected chi connectivity index (χ1v) is 6.24. The van der Waals surface area contributed by atoms with Crippen molar-refractivity contribution in [1.82, 2.24) is 4.57 Å². The number of aromatic carboxylic acids is 1. The van der Waals surface area contributed by atoms with Gasteiger partial charge in [-0.15, -0.1) is 11.3 Å². The molecule has 0 amide bonds. The van der Waals surface area contributed by atoms with Crippen LogP contribution in [0.2, 0.25) is 0 Å². The minimum atomic E-state index is -0.925. The number of rotatable bonds is 3. The Kier molecular flexibility index (Phi) is 2.93. The highest BCUT2D eigenvalue weighted by Gasteiger charge is 2.09. The zero-order valence-electron chi connectivity index (χ0n) is 8.47. The van der Waals surface area contributed by atoms with Crippen LogP contribution in [0, 0.1) is 6.92 Å². The zero-order chi connectivity index (χ0) is 11.7. The first-order chi connectivity index (χ1) is 7.58. The summed E-state index contributed by atoms with van der Waals surface area (Å²) in [5.74, 6) is -0.925. The highest BCUT2D eigenvalue weighted by atomic mass is 32.1. The number of thiophene rings is 1. The molecular weight excluding hydrogens is 246 g/mol. The van der Waals surface area contributed by atoms with Crippen LogP contribution in [0.5, 0.6) is 0 Å². The summed E-state index contributed by atoms with van der Waals surface area (Å²) in [6.07, 6.45) is 0. The molecule has 2 aromatic heterocycles. The van der Waals surface area contributed by atoms with E-state index in [0.717, 1.165) is 21.9 Å². The molecule has 0 aliphatic rings. The number of carbonyl (C=O) groups is 1. The van der Waals surface area contributed by atoms with Gasteiger partial charge in [0.2, 0.25) is 0 Å². The summed E-state index contributed by atoms with van der Waals surface area (Å²) in [5.41, 5.74) is 0.903. The Morgan fingerprint density at radius 3 is 2.75 bits per heavy atom. The van der Waals surface area contributed by atoms with Crippen molar-refractivity contribution >= 4 is 28.6 Å². The van der Waals surface area contributed by atoms with Crippen LogP contribution in [0.4, 0.5) is 0 Å². The Hall–Kier alpha value is -1.40. The van der Waals surface area contributed by atoms with Gasteiger partial charge < -0.3 is 5.11 Å². The second-order valence-electron chi connectivity index (χ2n) is 3.30. The molecule has 0 fully saturated rings. The number of hydrogen-bond acceptors (Lipinski definition) is 4. The quantitative estimate of drug-likeness (QED) is 0.912. The fourth-order valence-electron chi connectivity index (χ4n) is 1.33. The Balaban J connectivity index is 2.27. The molecule has 0 saturated heterocycles. The number of aryl methyl sites for hydroxylation is 1. The lowest BCUT2D eigenvalue weighted by Crippen LogP contribution is -2.14. The fraction of sp³-hybridized carbons (Fsp3) is 0.200. The van der Waals surface area contributed by atoms with Crippen molar-refractivity contribution < 1.29 is 9.90 Å². The van der Waals surface area contributed by atoms with Gasteiger partial charge in [0.1, 0.15) is 4.88 Å². The number of carboxylic acid groups (broad SMARTS) is 1. The first-order valence-electron chi connectivity index (χ1n) is 4.55. The van der Waals surface area contributed by atoms with Crippen LogP contribution in [0.15, 0.2) is 22.3 Å². The van der Waals surface area contributed by atoms with E-state index in [-0.39, 0.29) is 4.87 Å². The summed E-state index contributed by atoms with van der Waals surface area (Å²) in [5, 5.41) is 10.6. The molecule has 0 aliphatic carbocycles. The maximum absolute atomic E-state index is 11.5. The highest BCUT2D eigenvalue weighted by Crippen LogP contribution is 2.17. The lowest BCUT2D eigenvalue weighted by Gasteiger charge is -2.00. The fourth-order valence-corrected chi connectivity index (χ4v) is 2.90. The van der Waals surface area contributed by atoms with Crippen LogP contribution in [0.25, 0.3) is 0 Å². The maximum atomic E-state index is 11.5. The van der Waals surface area contributed by atoms with Crippen LogP contribution in [0.1, 0.15) is 20.2 Å². The van der Waals surface area contributed by atoms with Gasteiger partial charge in [-0.25, -0.2) is 4.79 Å². The molecule has 2 heterocycles. The predicted molar refractivity (Wildman–Crippen MR) is 63.7 cm³/mol. The number of carboxylic acids is 1. The third-order valence-electron chi connectivity index (χ3n) is 2.16. The van der Waals surface area contributed by atoms with Gasteiger partial charge in [0.15, 0.2) is 0 Å². The number of nitrogens with zero attached hydrogens (tertiary/aromatic N) is 1. The molecule has 2 aromatic rings. The van der Waals surface area contributed by atoms with Gasteiger partial charge in [-0.05, 0) is 19.1 Å². The van der Waals surface area contributed by atoms with E-state index in [1.807, 2.05) is 6.92 Å². The van der Waals surface area contributed by atoms with Crippen LogP contribution >= 0.6 is 22.7 Å². The highest BCUT2D eigenvalue weighted by molar-refractivity contribution is 7.13. The van der Waals surface area contributed by atoms with E-state index in [0.29, 0.717) is 11.4 Å². The Labute approximate surface area is 99.4 Å². The topological polar surface area (TPSA) is 59.3 Å². The van der Waals surface area contributed by atoms with Crippen molar-refractivity contribution in [2.45, 2.75) is 13.5 Å². The van der Waals surface area contributed by atoms with Crippen molar-refractivity contribution in [1.29, 1.82) is 0 Å². The third-order valence-corrected chi connectivity index (χ3v) is 4.10. The van der Waals surface area contributed by atoms with Gasteiger partial charge in [0.25, 0.3) is 0 Å². The largest absolute Gasteiger partial charge is 0.477 e. The lowest BCUT2D eigenvalue weighted by atomic mass is 10.4. The van der Waals surface area contributed by atoms with Crippen molar-refractivity contribution in [3.05, 3.63) is 42.6 Å². The molecule has 84 valence electrons. The molecule has 0 unspecified atom stereocenters. The summed E-state index contributed by atoms with van der Waals surface area (Å²) in [6.45, 7) is 2.32. The van der Waals surface area contributed by atoms with Crippen LogP contribution in [-0.4, -0.2) is 15.6 Å². The standard InChI is InChI=1S/C10H9NO3S2/c1-6-5-15-10(14)11(6)4-7-2-3-8(16-7)9(12)13/h2-3,5H,4H2,1H3,(H,12,13). The maximum Gasteiger partial charge on any atom is 0.345 e. The lowest BCUT2D eigenvalue weighted by molar-refractivity contribution is 0.0702. The van der Waals surface area contributed by atoms with Crippen LogP contribution in [-0.2, 0) is 6.54 Å². The van der Waals surface area contributed by atoms with E-state index in [2.05, 4.69) is 0 Å². The molecule has 0 atom stereocenters. The van der Waals surface area contributed by atoms with E-state index >= 15 is 0 Å². The average molecular weight is 255 g/mol. The third kappa shape index (κ3) is 2.07. The number of hydrogen-bond donors (Lipinski definition) is 1. The van der Waals surface area contributed by atoms with Crippen molar-refractivity contribution in [3.63, 3.8) is 0 Å². The molecule has 2 rings (SSSR count).